The first-order valence-electron chi connectivity index (χ1n) is 11.1. The van der Waals surface area contributed by atoms with Crippen molar-refractivity contribution in [3.05, 3.63) is 54.6 Å². The van der Waals surface area contributed by atoms with E-state index in [9.17, 15) is 18.0 Å². The number of hydrogen-bond acceptors (Lipinski definition) is 8. The van der Waals surface area contributed by atoms with Gasteiger partial charge in [0.15, 0.2) is 0 Å². The number of benzene rings is 1. The van der Waals surface area contributed by atoms with Gasteiger partial charge >= 0.3 is 5.97 Å². The number of sulfonamides is 1. The number of rotatable bonds is 11. The Kier molecular flexibility index (Phi) is 8.41. The van der Waals surface area contributed by atoms with Crippen LogP contribution < -0.4 is 5.14 Å². The summed E-state index contributed by atoms with van der Waals surface area (Å²) in [5.41, 5.74) is 1.09. The molecule has 2 N–H and O–H groups in total. The van der Waals surface area contributed by atoms with Crippen LogP contribution in [0.1, 0.15) is 39.0 Å². The van der Waals surface area contributed by atoms with Crippen LogP contribution in [0.4, 0.5) is 0 Å². The summed E-state index contributed by atoms with van der Waals surface area (Å²) >= 11 is 0. The maximum Gasteiger partial charge on any atom is 0.307 e. The minimum atomic E-state index is -3.81. The van der Waals surface area contributed by atoms with Gasteiger partial charge in [0, 0.05) is 12.1 Å². The van der Waals surface area contributed by atoms with Crippen molar-refractivity contribution >= 4 is 21.9 Å². The Morgan fingerprint density at radius 3 is 2.49 bits per heavy atom. The average Bonchev–Trinajstić information content (AvgIpc) is 3.48. The summed E-state index contributed by atoms with van der Waals surface area (Å²) in [5, 5.41) is 13.5. The molecule has 0 aliphatic rings. The molecule has 1 aromatic carbocycles. The predicted octanol–water partition coefficient (Wildman–Crippen LogP) is 2.36. The van der Waals surface area contributed by atoms with Crippen molar-refractivity contribution in [1.82, 2.24) is 19.9 Å². The van der Waals surface area contributed by atoms with E-state index in [0.717, 1.165) is 0 Å². The number of esters is 1. The van der Waals surface area contributed by atoms with Crippen molar-refractivity contribution in [1.29, 1.82) is 0 Å². The van der Waals surface area contributed by atoms with Gasteiger partial charge < -0.3 is 14.1 Å². The van der Waals surface area contributed by atoms with E-state index in [2.05, 4.69) is 10.3 Å². The fourth-order valence-electron chi connectivity index (χ4n) is 3.57. The van der Waals surface area contributed by atoms with Crippen molar-refractivity contribution in [2.45, 2.75) is 44.7 Å². The zero-order valence-corrected chi connectivity index (χ0v) is 20.6. The third-order valence-electron chi connectivity index (χ3n) is 5.29. The molecule has 0 aliphatic heterocycles. The first-order valence-corrected chi connectivity index (χ1v) is 12.7. The van der Waals surface area contributed by atoms with E-state index in [4.69, 9.17) is 14.3 Å². The van der Waals surface area contributed by atoms with E-state index in [1.54, 1.807) is 42.3 Å². The van der Waals surface area contributed by atoms with Crippen molar-refractivity contribution in [3.63, 3.8) is 0 Å². The lowest BCUT2D eigenvalue weighted by Gasteiger charge is -2.28. The number of ether oxygens (including phenoxy) is 1. The van der Waals surface area contributed by atoms with Crippen molar-refractivity contribution < 1.29 is 27.2 Å². The van der Waals surface area contributed by atoms with Crippen LogP contribution in [0.3, 0.4) is 0 Å². The summed E-state index contributed by atoms with van der Waals surface area (Å²) in [6.45, 7) is 6.11. The fourth-order valence-corrected chi connectivity index (χ4v) is 4.08. The van der Waals surface area contributed by atoms with Crippen molar-refractivity contribution in [2.24, 2.45) is 11.1 Å². The smallest absolute Gasteiger partial charge is 0.307 e. The second-order valence-electron chi connectivity index (χ2n) is 8.24. The van der Waals surface area contributed by atoms with E-state index in [0.29, 0.717) is 17.0 Å². The van der Waals surface area contributed by atoms with Crippen LogP contribution in [-0.2, 0) is 30.9 Å². The Morgan fingerprint density at radius 1 is 1.20 bits per heavy atom. The van der Waals surface area contributed by atoms with Gasteiger partial charge in [0.25, 0.3) is 0 Å². The summed E-state index contributed by atoms with van der Waals surface area (Å²) in [5.74, 6) is -0.207. The lowest BCUT2D eigenvalue weighted by atomic mass is 10.0. The quantitative estimate of drug-likeness (QED) is 0.392. The van der Waals surface area contributed by atoms with E-state index in [1.165, 1.54) is 23.1 Å². The maximum atomic E-state index is 13.6. The average molecular weight is 504 g/mol. The molecule has 0 saturated heterocycles. The van der Waals surface area contributed by atoms with Gasteiger partial charge in [0.1, 0.15) is 17.5 Å². The van der Waals surface area contributed by atoms with Gasteiger partial charge in [-0.3, -0.25) is 9.59 Å². The zero-order chi connectivity index (χ0) is 25.6. The van der Waals surface area contributed by atoms with Crippen molar-refractivity contribution in [3.8, 4) is 11.3 Å². The number of carbonyl (C=O) groups is 2. The minimum Gasteiger partial charge on any atom is -0.467 e. The molecule has 0 bridgehead atoms. The third kappa shape index (κ3) is 6.76. The summed E-state index contributed by atoms with van der Waals surface area (Å²) in [7, 11) is -3.81. The third-order valence-corrected chi connectivity index (χ3v) is 6.22. The summed E-state index contributed by atoms with van der Waals surface area (Å²) < 4.78 is 34.9. The van der Waals surface area contributed by atoms with Gasteiger partial charge in [-0.25, -0.2) is 18.2 Å². The molecule has 0 radical (unpaired) electrons. The van der Waals surface area contributed by atoms with Gasteiger partial charge in [0.05, 0.1) is 36.9 Å². The second kappa shape index (κ2) is 11.3. The summed E-state index contributed by atoms with van der Waals surface area (Å²) in [4.78, 5) is 27.1. The number of nitrogens with zero attached hydrogens (tertiary/aromatic N) is 4. The molecular weight excluding hydrogens is 474 g/mol. The second-order valence-corrected chi connectivity index (χ2v) is 9.80. The van der Waals surface area contributed by atoms with Crippen molar-refractivity contribution in [2.75, 3.05) is 13.2 Å². The highest BCUT2D eigenvalue weighted by Crippen LogP contribution is 2.25. The Morgan fingerprint density at radius 2 is 1.91 bits per heavy atom. The molecule has 1 atom stereocenters. The Hall–Kier alpha value is -3.51. The van der Waals surface area contributed by atoms with Crippen LogP contribution in [0, 0.1) is 5.92 Å². The molecule has 0 aliphatic carbocycles. The maximum absolute atomic E-state index is 13.6. The molecule has 188 valence electrons. The molecule has 35 heavy (non-hydrogen) atoms. The largest absolute Gasteiger partial charge is 0.467 e. The number of amides is 1. The van der Waals surface area contributed by atoms with Gasteiger partial charge in [-0.2, -0.15) is 0 Å². The predicted molar refractivity (Wildman–Crippen MR) is 126 cm³/mol. The van der Waals surface area contributed by atoms with Gasteiger partial charge in [-0.05, 0) is 37.1 Å². The Labute approximate surface area is 203 Å². The molecule has 1 amide bonds. The van der Waals surface area contributed by atoms with Crippen LogP contribution in [-0.4, -0.2) is 53.3 Å². The zero-order valence-electron chi connectivity index (χ0n) is 19.8. The van der Waals surface area contributed by atoms with Crippen LogP contribution in [0.5, 0.6) is 0 Å². The SMILES string of the molecule is CCOC(=O)CCN(Cc1ccco1)C(=O)C(C(C)C)n1cc(-c2ccc(S(N)(=O)=O)cc2)nn1. The molecule has 0 spiro atoms. The number of furan rings is 1. The number of primary sulfonamides is 1. The van der Waals surface area contributed by atoms with E-state index in [-0.39, 0.29) is 42.8 Å². The normalized spacial score (nSPS) is 12.5. The topological polar surface area (TPSA) is 151 Å². The highest BCUT2D eigenvalue weighted by Gasteiger charge is 2.31. The van der Waals surface area contributed by atoms with Gasteiger partial charge in [0.2, 0.25) is 15.9 Å². The Balaban J connectivity index is 1.85. The van der Waals surface area contributed by atoms with Gasteiger partial charge in [-0.15, -0.1) is 5.10 Å². The van der Waals surface area contributed by atoms with E-state index >= 15 is 0 Å². The Bertz CT molecular complexity index is 1240. The monoisotopic (exact) mass is 503 g/mol. The molecule has 3 rings (SSSR count). The number of aromatic nitrogens is 3. The summed E-state index contributed by atoms with van der Waals surface area (Å²) in [6.07, 6.45) is 3.20. The summed E-state index contributed by atoms with van der Waals surface area (Å²) in [6, 6.07) is 8.70. The van der Waals surface area contributed by atoms with Gasteiger partial charge in [-0.1, -0.05) is 31.2 Å². The number of hydrogen-bond donors (Lipinski definition) is 1. The van der Waals surface area contributed by atoms with Crippen LogP contribution >= 0.6 is 0 Å². The van der Waals surface area contributed by atoms with Crippen LogP contribution in [0.15, 0.2) is 58.2 Å². The molecular formula is C23H29N5O6S. The molecule has 3 aromatic rings. The molecule has 2 aromatic heterocycles. The highest BCUT2D eigenvalue weighted by molar-refractivity contribution is 7.89. The van der Waals surface area contributed by atoms with E-state index in [1.807, 2.05) is 13.8 Å². The highest BCUT2D eigenvalue weighted by atomic mass is 32.2. The molecule has 0 saturated carbocycles. The molecule has 11 nitrogen and oxygen atoms in total. The first kappa shape index (κ1) is 26.1. The van der Waals surface area contributed by atoms with E-state index < -0.39 is 22.0 Å². The minimum absolute atomic E-state index is 0.0148. The molecule has 2 heterocycles. The first-order chi connectivity index (χ1) is 16.6. The lowest BCUT2D eigenvalue weighted by Crippen LogP contribution is -2.40. The number of nitrogens with two attached hydrogens (primary N) is 1. The molecule has 0 fully saturated rings. The molecule has 12 heteroatoms. The van der Waals surface area contributed by atoms with Crippen LogP contribution in [0.25, 0.3) is 11.3 Å². The molecule has 1 unspecified atom stereocenters. The fraction of sp³-hybridized carbons (Fsp3) is 0.391. The lowest BCUT2D eigenvalue weighted by molar-refractivity contribution is -0.145. The number of carbonyl (C=O) groups excluding carboxylic acids is 2. The standard InChI is InChI=1S/C23H29N5O6S/c1-4-33-21(29)11-12-27(14-18-6-5-13-34-18)23(30)22(16(2)3)28-15-20(25-26-28)17-7-9-19(10-8-17)35(24,31)32/h5-10,13,15-16,22H,4,11-12,14H2,1-3H3,(H2,24,31,32). The van der Waals surface area contributed by atoms with Crippen LogP contribution in [0.2, 0.25) is 0 Å².